The van der Waals surface area contributed by atoms with Gasteiger partial charge in [-0.25, -0.2) is 4.79 Å². The van der Waals surface area contributed by atoms with E-state index in [1.807, 2.05) is 6.07 Å². The van der Waals surface area contributed by atoms with Crippen molar-refractivity contribution >= 4 is 23.3 Å². The van der Waals surface area contributed by atoms with Crippen LogP contribution in [0.15, 0.2) is 24.3 Å². The molecule has 0 spiro atoms. The van der Waals surface area contributed by atoms with Crippen LogP contribution in [0.5, 0.6) is 0 Å². The number of nitrogens with zero attached hydrogens (tertiary/aromatic N) is 1. The Hall–Kier alpha value is -1.26. The van der Waals surface area contributed by atoms with Crippen molar-refractivity contribution in [2.45, 2.75) is 18.9 Å². The fraction of sp³-hybridized carbons (Fsp3) is 0.417. The van der Waals surface area contributed by atoms with Crippen molar-refractivity contribution in [2.24, 2.45) is 5.73 Å². The van der Waals surface area contributed by atoms with Crippen molar-refractivity contribution in [2.75, 3.05) is 18.4 Å². The average molecular weight is 254 g/mol. The Morgan fingerprint density at radius 2 is 2.35 bits per heavy atom. The van der Waals surface area contributed by atoms with Gasteiger partial charge in [0.15, 0.2) is 0 Å². The first kappa shape index (κ1) is 12.2. The molecule has 1 unspecified atom stereocenters. The van der Waals surface area contributed by atoms with E-state index in [1.54, 1.807) is 23.1 Å². The summed E-state index contributed by atoms with van der Waals surface area (Å²) in [5.41, 5.74) is 6.55. The zero-order chi connectivity index (χ0) is 12.3. The van der Waals surface area contributed by atoms with Gasteiger partial charge in [0.25, 0.3) is 0 Å². The molecule has 1 aliphatic heterocycles. The lowest BCUT2D eigenvalue weighted by molar-refractivity contribution is 0.193. The van der Waals surface area contributed by atoms with E-state index >= 15 is 0 Å². The minimum absolute atomic E-state index is 0.0915. The van der Waals surface area contributed by atoms with Crippen molar-refractivity contribution in [3.05, 3.63) is 29.3 Å². The van der Waals surface area contributed by atoms with Gasteiger partial charge in [0.2, 0.25) is 0 Å². The van der Waals surface area contributed by atoms with E-state index in [4.69, 9.17) is 17.3 Å². The third kappa shape index (κ3) is 3.35. The lowest BCUT2D eigenvalue weighted by Gasteiger charge is -2.30. The molecular weight excluding hydrogens is 238 g/mol. The SMILES string of the molecule is NC1CCCN(C(=O)Nc2cccc(Cl)c2)C1. The number of rotatable bonds is 1. The number of halogens is 1. The Kier molecular flexibility index (Phi) is 3.86. The minimum Gasteiger partial charge on any atom is -0.326 e. The summed E-state index contributed by atoms with van der Waals surface area (Å²) in [6.07, 6.45) is 1.95. The lowest BCUT2D eigenvalue weighted by Crippen LogP contribution is -2.47. The van der Waals surface area contributed by atoms with Gasteiger partial charge in [-0.3, -0.25) is 0 Å². The minimum atomic E-state index is -0.109. The average Bonchev–Trinajstić information content (AvgIpc) is 2.29. The topological polar surface area (TPSA) is 58.4 Å². The number of likely N-dealkylation sites (tertiary alicyclic amines) is 1. The number of carbonyl (C=O) groups excluding carboxylic acids is 1. The van der Waals surface area contributed by atoms with Gasteiger partial charge in [0.05, 0.1) is 0 Å². The third-order valence-corrected chi connectivity index (χ3v) is 3.06. The Balaban J connectivity index is 1.96. The summed E-state index contributed by atoms with van der Waals surface area (Å²) in [5, 5.41) is 3.43. The van der Waals surface area contributed by atoms with Gasteiger partial charge in [-0.05, 0) is 31.0 Å². The van der Waals surface area contributed by atoms with Gasteiger partial charge in [-0.2, -0.15) is 0 Å². The number of hydrogen-bond acceptors (Lipinski definition) is 2. The summed E-state index contributed by atoms with van der Waals surface area (Å²) in [5.74, 6) is 0. The van der Waals surface area contributed by atoms with Crippen LogP contribution >= 0.6 is 11.6 Å². The molecule has 5 heteroatoms. The predicted octanol–water partition coefficient (Wildman–Crippen LogP) is 2.29. The van der Waals surface area contributed by atoms with E-state index < -0.39 is 0 Å². The summed E-state index contributed by atoms with van der Waals surface area (Å²) in [6, 6.07) is 7.10. The Morgan fingerprint density at radius 1 is 1.53 bits per heavy atom. The molecule has 92 valence electrons. The van der Waals surface area contributed by atoms with Crippen molar-refractivity contribution in [3.63, 3.8) is 0 Å². The molecule has 17 heavy (non-hydrogen) atoms. The Labute approximate surface area is 106 Å². The van der Waals surface area contributed by atoms with E-state index in [9.17, 15) is 4.79 Å². The van der Waals surface area contributed by atoms with E-state index in [-0.39, 0.29) is 12.1 Å². The highest BCUT2D eigenvalue weighted by molar-refractivity contribution is 6.30. The second-order valence-corrected chi connectivity index (χ2v) is 4.73. The van der Waals surface area contributed by atoms with Gasteiger partial charge in [-0.15, -0.1) is 0 Å². The predicted molar refractivity (Wildman–Crippen MR) is 69.3 cm³/mol. The number of nitrogens with two attached hydrogens (primary N) is 1. The highest BCUT2D eigenvalue weighted by Crippen LogP contribution is 2.16. The second-order valence-electron chi connectivity index (χ2n) is 4.29. The van der Waals surface area contributed by atoms with Crippen LogP contribution in [0.1, 0.15) is 12.8 Å². The summed E-state index contributed by atoms with van der Waals surface area (Å²) in [7, 11) is 0. The van der Waals surface area contributed by atoms with Gasteiger partial charge in [-0.1, -0.05) is 17.7 Å². The van der Waals surface area contributed by atoms with Crippen molar-refractivity contribution in [3.8, 4) is 0 Å². The Bertz CT molecular complexity index is 410. The van der Waals surface area contributed by atoms with Crippen LogP contribution in [0.25, 0.3) is 0 Å². The molecule has 4 nitrogen and oxygen atoms in total. The second kappa shape index (κ2) is 5.38. The zero-order valence-electron chi connectivity index (χ0n) is 9.53. The van der Waals surface area contributed by atoms with Crippen molar-refractivity contribution < 1.29 is 4.79 Å². The standard InChI is InChI=1S/C12H16ClN3O/c13-9-3-1-5-11(7-9)15-12(17)16-6-2-4-10(14)8-16/h1,3,5,7,10H,2,4,6,8,14H2,(H,15,17). The molecule has 1 saturated heterocycles. The number of carbonyl (C=O) groups is 1. The van der Waals surface area contributed by atoms with Gasteiger partial charge in [0.1, 0.15) is 0 Å². The lowest BCUT2D eigenvalue weighted by atomic mass is 10.1. The van der Waals surface area contributed by atoms with Crippen LogP contribution < -0.4 is 11.1 Å². The summed E-state index contributed by atoms with van der Waals surface area (Å²) in [4.78, 5) is 13.7. The number of piperidine rings is 1. The maximum absolute atomic E-state index is 11.9. The zero-order valence-corrected chi connectivity index (χ0v) is 10.3. The van der Waals surface area contributed by atoms with Gasteiger partial charge < -0.3 is 16.0 Å². The first-order valence-electron chi connectivity index (χ1n) is 5.72. The van der Waals surface area contributed by atoms with Crippen molar-refractivity contribution in [1.82, 2.24) is 4.90 Å². The number of amides is 2. The number of urea groups is 1. The van der Waals surface area contributed by atoms with Gasteiger partial charge >= 0.3 is 6.03 Å². The summed E-state index contributed by atoms with van der Waals surface area (Å²) in [6.45, 7) is 1.38. The highest BCUT2D eigenvalue weighted by Gasteiger charge is 2.21. The van der Waals surface area contributed by atoms with Crippen LogP contribution in [-0.4, -0.2) is 30.1 Å². The number of hydrogen-bond donors (Lipinski definition) is 2. The molecule has 0 aliphatic carbocycles. The first-order valence-corrected chi connectivity index (χ1v) is 6.10. The van der Waals surface area contributed by atoms with E-state index in [1.165, 1.54) is 0 Å². The molecule has 1 aromatic rings. The molecule has 0 bridgehead atoms. The monoisotopic (exact) mass is 253 g/mol. The molecule has 1 fully saturated rings. The molecule has 3 N–H and O–H groups in total. The number of nitrogens with one attached hydrogen (secondary N) is 1. The fourth-order valence-corrected chi connectivity index (χ4v) is 2.15. The van der Waals surface area contributed by atoms with Crippen LogP contribution in [-0.2, 0) is 0 Å². The molecule has 2 rings (SSSR count). The Morgan fingerprint density at radius 3 is 3.06 bits per heavy atom. The molecular formula is C12H16ClN3O. The van der Waals surface area contributed by atoms with Crippen molar-refractivity contribution in [1.29, 1.82) is 0 Å². The van der Waals surface area contributed by atoms with E-state index in [0.717, 1.165) is 19.4 Å². The number of benzene rings is 1. The molecule has 1 atom stereocenters. The quantitative estimate of drug-likeness (QED) is 0.807. The highest BCUT2D eigenvalue weighted by atomic mass is 35.5. The van der Waals surface area contributed by atoms with Crippen LogP contribution in [0, 0.1) is 0 Å². The maximum Gasteiger partial charge on any atom is 0.321 e. The van der Waals surface area contributed by atoms with E-state index in [0.29, 0.717) is 17.3 Å². The van der Waals surface area contributed by atoms with E-state index in [2.05, 4.69) is 5.32 Å². The molecule has 0 saturated carbocycles. The van der Waals surface area contributed by atoms with Crippen LogP contribution in [0.4, 0.5) is 10.5 Å². The molecule has 1 aromatic carbocycles. The maximum atomic E-state index is 11.9. The largest absolute Gasteiger partial charge is 0.326 e. The molecule has 2 amide bonds. The number of anilines is 1. The molecule has 1 heterocycles. The third-order valence-electron chi connectivity index (χ3n) is 2.82. The summed E-state index contributed by atoms with van der Waals surface area (Å²) < 4.78 is 0. The van der Waals surface area contributed by atoms with Crippen LogP contribution in [0.3, 0.4) is 0 Å². The summed E-state index contributed by atoms with van der Waals surface area (Å²) >= 11 is 5.85. The molecule has 1 aliphatic rings. The van der Waals surface area contributed by atoms with Crippen LogP contribution in [0.2, 0.25) is 5.02 Å². The van der Waals surface area contributed by atoms with Gasteiger partial charge in [0, 0.05) is 29.8 Å². The smallest absolute Gasteiger partial charge is 0.321 e. The normalized spacial score (nSPS) is 20.1. The fourth-order valence-electron chi connectivity index (χ4n) is 1.96. The molecule has 0 radical (unpaired) electrons. The first-order chi connectivity index (χ1) is 8.15. The molecule has 0 aromatic heterocycles.